The average Bonchev–Trinajstić information content (AvgIpc) is 3.74. The summed E-state index contributed by atoms with van der Waals surface area (Å²) >= 11 is 6.53. The lowest BCUT2D eigenvalue weighted by atomic mass is 9.72. The number of ether oxygens (including phenoxy) is 2. The summed E-state index contributed by atoms with van der Waals surface area (Å²) in [6.07, 6.45) is 2.89. The van der Waals surface area contributed by atoms with Gasteiger partial charge in [-0.3, -0.25) is 19.8 Å². The summed E-state index contributed by atoms with van der Waals surface area (Å²) in [4.78, 5) is 36.7. The number of nitro benzene ring substituents is 1. The number of carbonyl (C=O) groups is 1. The van der Waals surface area contributed by atoms with Gasteiger partial charge in [0.25, 0.3) is 21.6 Å². The molecule has 19 heteroatoms. The van der Waals surface area contributed by atoms with Crippen molar-refractivity contribution in [2.75, 3.05) is 62.7 Å². The van der Waals surface area contributed by atoms with Gasteiger partial charge in [-0.25, -0.2) is 18.1 Å². The molecule has 0 bridgehead atoms. The minimum atomic E-state index is -4.61. The molecule has 3 N–H and O–H groups in total. The number of aromatic nitrogens is 2. The Morgan fingerprint density at radius 1 is 1.08 bits per heavy atom. The van der Waals surface area contributed by atoms with Gasteiger partial charge in [0.1, 0.15) is 22.8 Å². The lowest BCUT2D eigenvalue weighted by Gasteiger charge is -2.39. The molecular weight excluding hydrogens is 887 g/mol. The zero-order chi connectivity index (χ0) is 46.1. The molecule has 5 aromatic rings. The first-order chi connectivity index (χ1) is 30.9. The molecule has 344 valence electrons. The third kappa shape index (κ3) is 10.7. The molecule has 1 amide bonds. The highest BCUT2D eigenvalue weighted by Crippen LogP contribution is 2.46. The molecule has 4 heterocycles. The van der Waals surface area contributed by atoms with E-state index in [0.717, 1.165) is 60.4 Å². The Kier molecular flexibility index (Phi) is 13.2. The summed E-state index contributed by atoms with van der Waals surface area (Å²) in [6.45, 7) is 9.02. The van der Waals surface area contributed by atoms with E-state index in [1.165, 1.54) is 30.5 Å². The van der Waals surface area contributed by atoms with E-state index in [2.05, 4.69) is 43.7 Å². The molecule has 14 nitrogen and oxygen atoms in total. The van der Waals surface area contributed by atoms with E-state index in [9.17, 15) is 36.5 Å². The van der Waals surface area contributed by atoms with E-state index >= 15 is 0 Å². The predicted octanol–water partition coefficient (Wildman–Crippen LogP) is 9.68. The van der Waals surface area contributed by atoms with Crippen molar-refractivity contribution in [2.45, 2.75) is 57.0 Å². The van der Waals surface area contributed by atoms with E-state index in [1.807, 2.05) is 0 Å². The number of alkyl halides is 3. The number of nitrogens with zero attached hydrogens (tertiary/aromatic N) is 4. The molecule has 2 fully saturated rings. The fourth-order valence-electron chi connectivity index (χ4n) is 8.68. The molecule has 2 saturated heterocycles. The number of aromatic amines is 1. The maximum absolute atomic E-state index is 13.9. The predicted molar refractivity (Wildman–Crippen MR) is 242 cm³/mol. The molecule has 1 atom stereocenters. The maximum Gasteiger partial charge on any atom is 0.416 e. The number of rotatable bonds is 13. The highest BCUT2D eigenvalue weighted by Gasteiger charge is 2.34. The van der Waals surface area contributed by atoms with Gasteiger partial charge in [0, 0.05) is 80.3 Å². The van der Waals surface area contributed by atoms with Crippen molar-refractivity contribution in [2.24, 2.45) is 11.3 Å². The summed E-state index contributed by atoms with van der Waals surface area (Å²) in [5, 5.41) is 16.0. The van der Waals surface area contributed by atoms with Crippen LogP contribution in [0.2, 0.25) is 5.02 Å². The minimum absolute atomic E-state index is 0.0473. The van der Waals surface area contributed by atoms with Crippen LogP contribution in [0.4, 0.5) is 30.2 Å². The van der Waals surface area contributed by atoms with Crippen LogP contribution in [0, 0.1) is 21.4 Å². The number of hydrogen-bond donors (Lipinski definition) is 3. The number of nitro groups is 1. The SMILES string of the molecule is CC1(C)CCC(CN2CCN(c3ccc(C(=O)NS(=O)(=O)c4ccc(NCC5CCCOC5)c([N+](=O)[O-])c4)c(Oc4cnc5[nH]ccc5c4)c3)CC2)=C(c2ccc(C(F)(F)F)cc2Cl)C1. The Labute approximate surface area is 379 Å². The number of pyridine rings is 1. The summed E-state index contributed by atoms with van der Waals surface area (Å²) in [7, 11) is -4.61. The van der Waals surface area contributed by atoms with E-state index in [-0.39, 0.29) is 33.4 Å². The van der Waals surface area contributed by atoms with Crippen LogP contribution in [0.1, 0.15) is 67.4 Å². The second kappa shape index (κ2) is 18.7. The number of carbonyl (C=O) groups excluding carboxylic acids is 1. The van der Waals surface area contributed by atoms with Crippen LogP contribution in [0.25, 0.3) is 16.6 Å². The van der Waals surface area contributed by atoms with Gasteiger partial charge in [-0.2, -0.15) is 13.2 Å². The van der Waals surface area contributed by atoms with E-state index in [1.54, 1.807) is 30.5 Å². The fraction of sp³-hybridized carbons (Fsp3) is 0.391. The highest BCUT2D eigenvalue weighted by molar-refractivity contribution is 7.90. The zero-order valence-corrected chi connectivity index (χ0v) is 37.4. The Morgan fingerprint density at radius 2 is 1.88 bits per heavy atom. The molecule has 0 spiro atoms. The first kappa shape index (κ1) is 45.9. The van der Waals surface area contributed by atoms with Crippen LogP contribution < -0.4 is 19.7 Å². The van der Waals surface area contributed by atoms with Gasteiger partial charge in [-0.1, -0.05) is 37.1 Å². The molecule has 3 aromatic carbocycles. The smallest absolute Gasteiger partial charge is 0.416 e. The van der Waals surface area contributed by atoms with Crippen LogP contribution in [-0.4, -0.2) is 86.6 Å². The highest BCUT2D eigenvalue weighted by atomic mass is 35.5. The number of amides is 1. The van der Waals surface area contributed by atoms with Crippen molar-refractivity contribution in [3.8, 4) is 11.5 Å². The van der Waals surface area contributed by atoms with Crippen LogP contribution in [0.3, 0.4) is 0 Å². The molecule has 2 aliphatic heterocycles. The summed E-state index contributed by atoms with van der Waals surface area (Å²) in [5.41, 5.74) is 2.86. The lowest BCUT2D eigenvalue weighted by molar-refractivity contribution is -0.384. The van der Waals surface area contributed by atoms with Crippen LogP contribution in [-0.2, 0) is 20.9 Å². The Balaban J connectivity index is 1.01. The molecule has 2 aromatic heterocycles. The van der Waals surface area contributed by atoms with Gasteiger partial charge in [-0.15, -0.1) is 0 Å². The Bertz CT molecular complexity index is 2750. The molecule has 1 unspecified atom stereocenters. The van der Waals surface area contributed by atoms with E-state index in [0.29, 0.717) is 81.6 Å². The number of allylic oxidation sites excluding steroid dienone is 1. The monoisotopic (exact) mass is 935 g/mol. The Hall–Kier alpha value is -5.69. The van der Waals surface area contributed by atoms with E-state index in [4.69, 9.17) is 21.1 Å². The third-order valence-corrected chi connectivity index (χ3v) is 14.0. The number of hydrogen-bond acceptors (Lipinski definition) is 11. The van der Waals surface area contributed by atoms with Crippen LogP contribution in [0.5, 0.6) is 11.5 Å². The first-order valence-electron chi connectivity index (χ1n) is 21.4. The largest absolute Gasteiger partial charge is 0.455 e. The van der Waals surface area contributed by atoms with Crippen LogP contribution >= 0.6 is 11.6 Å². The second-order valence-corrected chi connectivity index (χ2v) is 19.7. The molecule has 8 rings (SSSR count). The average molecular weight is 936 g/mol. The van der Waals surface area contributed by atoms with Crippen molar-refractivity contribution < 1.29 is 40.8 Å². The molecule has 1 aliphatic carbocycles. The van der Waals surface area contributed by atoms with Gasteiger partial charge in [0.2, 0.25) is 0 Å². The van der Waals surface area contributed by atoms with Gasteiger partial charge >= 0.3 is 6.18 Å². The van der Waals surface area contributed by atoms with Crippen molar-refractivity contribution >= 4 is 61.2 Å². The van der Waals surface area contributed by atoms with Gasteiger partial charge < -0.3 is 24.7 Å². The lowest BCUT2D eigenvalue weighted by Crippen LogP contribution is -2.47. The number of benzene rings is 3. The number of sulfonamides is 1. The van der Waals surface area contributed by atoms with Gasteiger partial charge in [0.05, 0.1) is 33.7 Å². The topological polar surface area (TPSA) is 172 Å². The molecule has 0 radical (unpaired) electrons. The number of nitrogens with one attached hydrogen (secondary N) is 3. The number of anilines is 2. The van der Waals surface area contributed by atoms with Gasteiger partial charge in [0.15, 0.2) is 0 Å². The van der Waals surface area contributed by atoms with E-state index < -0.39 is 43.2 Å². The first-order valence-corrected chi connectivity index (χ1v) is 23.3. The summed E-state index contributed by atoms with van der Waals surface area (Å²) in [6, 6.07) is 15.4. The maximum atomic E-state index is 13.9. The summed E-state index contributed by atoms with van der Waals surface area (Å²) in [5.74, 6) is -0.513. The second-order valence-electron chi connectivity index (χ2n) is 17.6. The van der Waals surface area contributed by atoms with Crippen molar-refractivity contribution in [1.82, 2.24) is 19.6 Å². The zero-order valence-electron chi connectivity index (χ0n) is 35.8. The molecule has 65 heavy (non-hydrogen) atoms. The normalized spacial score (nSPS) is 18.4. The quantitative estimate of drug-likeness (QED) is 0.0758. The summed E-state index contributed by atoms with van der Waals surface area (Å²) < 4.78 is 81.7. The van der Waals surface area contributed by atoms with Crippen molar-refractivity contribution in [3.05, 3.63) is 117 Å². The molecule has 0 saturated carbocycles. The van der Waals surface area contributed by atoms with Crippen LogP contribution in [0.15, 0.2) is 89.6 Å². The number of H-pyrrole nitrogens is 1. The Morgan fingerprint density at radius 3 is 2.60 bits per heavy atom. The number of halogens is 4. The van der Waals surface area contributed by atoms with Crippen molar-refractivity contribution in [3.63, 3.8) is 0 Å². The minimum Gasteiger partial charge on any atom is -0.455 e. The molecular formula is C46H49ClF3N7O7S. The fourth-order valence-corrected chi connectivity index (χ4v) is 9.96. The standard InChI is InChI=1S/C46H49ClF3N7O7S/c1-45(2)13-11-31(38(24-45)36-8-5-32(21-39(36)47)46(48,49)50)27-55-15-17-56(18-16-55)33-6-9-37(42(22-33)64-34-20-30-12-14-51-43(30)53-26-34)44(58)54-65(61,62)35-7-10-40(41(23-35)57(59)60)52-25-29-4-3-19-63-28-29/h5-10,12,14,20-23,26,29,52H,3-4,11,13,15-19,24-25,27-28H2,1-2H3,(H,51,53)(H,54,58). The van der Waals surface area contributed by atoms with Crippen molar-refractivity contribution in [1.29, 1.82) is 0 Å². The molecule has 3 aliphatic rings. The number of piperazine rings is 1. The number of fused-ring (bicyclic) bond motifs is 1. The van der Waals surface area contributed by atoms with Gasteiger partial charge in [-0.05, 0) is 103 Å². The third-order valence-electron chi connectivity index (χ3n) is 12.3.